The van der Waals surface area contributed by atoms with Gasteiger partial charge in [0.1, 0.15) is 0 Å². The van der Waals surface area contributed by atoms with E-state index < -0.39 is 25.3 Å². The molecule has 132 valence electrons. The third-order valence-electron chi connectivity index (χ3n) is 3.95. The van der Waals surface area contributed by atoms with E-state index in [1.807, 2.05) is 30.3 Å². The highest BCUT2D eigenvalue weighted by molar-refractivity contribution is 6.26. The zero-order chi connectivity index (χ0) is 17.3. The average molecular weight is 357 g/mol. The lowest BCUT2D eigenvalue weighted by atomic mass is 9.78. The molecule has 0 fully saturated rings. The summed E-state index contributed by atoms with van der Waals surface area (Å²) in [5, 5.41) is 9.97. The Morgan fingerprint density at radius 1 is 1.04 bits per heavy atom. The number of rotatable bonds is 10. The summed E-state index contributed by atoms with van der Waals surface area (Å²) in [6.45, 7) is 11.5. The number of hydrogen-bond acceptors (Lipinski definition) is 4. The topological polar surface area (TPSA) is 47.9 Å². The van der Waals surface area contributed by atoms with Crippen LogP contribution in [0, 0.1) is 11.3 Å². The Balaban J connectivity index is 2.83. The summed E-state index contributed by atoms with van der Waals surface area (Å²) in [6, 6.07) is 10.1. The molecule has 0 saturated heterocycles. The first-order valence-corrected chi connectivity index (χ1v) is 12.4. The Bertz CT molecular complexity index is 428. The fourth-order valence-corrected chi connectivity index (χ4v) is 5.46. The summed E-state index contributed by atoms with van der Waals surface area (Å²) in [6.07, 6.45) is 0. The third kappa shape index (κ3) is 5.51. The molecule has 0 bridgehead atoms. The highest BCUT2D eigenvalue weighted by Crippen LogP contribution is 2.41. The lowest BCUT2D eigenvalue weighted by Crippen LogP contribution is -2.57. The van der Waals surface area contributed by atoms with E-state index >= 15 is 0 Å². The van der Waals surface area contributed by atoms with Crippen LogP contribution in [0.4, 0.5) is 0 Å². The molecule has 1 atom stereocenters. The summed E-state index contributed by atoms with van der Waals surface area (Å²) in [4.78, 5) is 0. The molecule has 1 N–H and O–H groups in total. The van der Waals surface area contributed by atoms with E-state index in [1.165, 1.54) is 0 Å². The zero-order valence-corrected chi connectivity index (χ0v) is 18.0. The largest absolute Gasteiger partial charge is 0.398 e. The van der Waals surface area contributed by atoms with Crippen LogP contribution in [0.15, 0.2) is 30.3 Å². The smallest absolute Gasteiger partial charge is 0.162 e. The van der Waals surface area contributed by atoms with Gasteiger partial charge in [-0.1, -0.05) is 64.2 Å². The second-order valence-corrected chi connectivity index (χ2v) is 8.40. The van der Waals surface area contributed by atoms with E-state index in [0.29, 0.717) is 13.2 Å². The van der Waals surface area contributed by atoms with E-state index in [1.54, 1.807) is 0 Å². The number of ether oxygens (including phenoxy) is 1. The van der Waals surface area contributed by atoms with E-state index in [4.69, 9.17) is 13.6 Å². The maximum absolute atomic E-state index is 9.97. The van der Waals surface area contributed by atoms with Crippen LogP contribution in [-0.2, 0) is 20.2 Å². The molecule has 1 unspecified atom stereocenters. The van der Waals surface area contributed by atoms with Crippen LogP contribution < -0.4 is 0 Å². The second-order valence-electron chi connectivity index (χ2n) is 6.66. The molecule has 0 spiro atoms. The molecule has 0 radical (unpaired) electrons. The van der Waals surface area contributed by atoms with Gasteiger partial charge in [0.25, 0.3) is 0 Å². The van der Waals surface area contributed by atoms with Crippen molar-refractivity contribution in [3.05, 3.63) is 35.9 Å². The summed E-state index contributed by atoms with van der Waals surface area (Å²) >= 11 is 0. The van der Waals surface area contributed by atoms with Gasteiger partial charge in [-0.2, -0.15) is 0 Å². The average Bonchev–Trinajstić information content (AvgIpc) is 2.51. The van der Waals surface area contributed by atoms with Crippen LogP contribution in [-0.4, -0.2) is 43.6 Å². The maximum atomic E-state index is 9.97. The van der Waals surface area contributed by atoms with Gasteiger partial charge >= 0.3 is 0 Å². The van der Waals surface area contributed by atoms with Gasteiger partial charge in [0.05, 0.1) is 25.7 Å². The summed E-state index contributed by atoms with van der Waals surface area (Å²) in [7, 11) is -1.37. The third-order valence-corrected chi connectivity index (χ3v) is 5.39. The Morgan fingerprint density at radius 2 is 1.61 bits per heavy atom. The number of aliphatic hydroxyl groups excluding tert-OH is 1. The van der Waals surface area contributed by atoms with Gasteiger partial charge in [-0.15, -0.1) is 0 Å². The molecular weight excluding hydrogens is 324 g/mol. The molecule has 0 aliphatic heterocycles. The van der Waals surface area contributed by atoms with Gasteiger partial charge in [-0.3, -0.25) is 0 Å². The minimum Gasteiger partial charge on any atom is -0.398 e. The van der Waals surface area contributed by atoms with E-state index in [9.17, 15) is 5.11 Å². The van der Waals surface area contributed by atoms with Crippen molar-refractivity contribution in [2.24, 2.45) is 11.3 Å². The summed E-state index contributed by atoms with van der Waals surface area (Å²) < 4.78 is 18.3. The van der Waals surface area contributed by atoms with Crippen molar-refractivity contribution < 1.29 is 18.7 Å². The highest BCUT2D eigenvalue weighted by atomic mass is 28.2. The Morgan fingerprint density at radius 3 is 2.04 bits per heavy atom. The van der Waals surface area contributed by atoms with Gasteiger partial charge in [0.15, 0.2) is 25.3 Å². The fourth-order valence-electron chi connectivity index (χ4n) is 2.93. The minimum absolute atomic E-state index is 0.00510. The number of benzene rings is 1. The van der Waals surface area contributed by atoms with Crippen LogP contribution in [0.5, 0.6) is 0 Å². The maximum Gasteiger partial charge on any atom is 0.162 e. The predicted molar refractivity (Wildman–Crippen MR) is 99.8 cm³/mol. The monoisotopic (exact) mass is 356 g/mol. The molecule has 4 nitrogen and oxygen atoms in total. The van der Waals surface area contributed by atoms with Crippen molar-refractivity contribution in [3.63, 3.8) is 0 Å². The molecule has 1 rings (SSSR count). The molecule has 0 aliphatic rings. The van der Waals surface area contributed by atoms with Crippen LogP contribution in [0.2, 0.25) is 13.1 Å². The highest BCUT2D eigenvalue weighted by Gasteiger charge is 2.49. The summed E-state index contributed by atoms with van der Waals surface area (Å²) in [5.74, 6) is -0.938. The molecule has 6 heteroatoms. The summed E-state index contributed by atoms with van der Waals surface area (Å²) in [5.41, 5.74) is 0.907. The van der Waals surface area contributed by atoms with E-state index in [0.717, 1.165) is 5.56 Å². The fraction of sp³-hybridized carbons (Fsp3) is 0.647. The van der Waals surface area contributed by atoms with Crippen LogP contribution in [0.25, 0.3) is 0 Å². The zero-order valence-electron chi connectivity index (χ0n) is 15.2. The lowest BCUT2D eigenvalue weighted by Gasteiger charge is -2.49. The molecule has 0 heterocycles. The molecule has 0 amide bonds. The van der Waals surface area contributed by atoms with Crippen molar-refractivity contribution in [2.45, 2.75) is 46.3 Å². The van der Waals surface area contributed by atoms with E-state index in [2.05, 4.69) is 33.9 Å². The Labute approximate surface area is 145 Å². The molecule has 0 aliphatic carbocycles. The molecule has 0 aromatic heterocycles. The molecule has 1 aromatic rings. The van der Waals surface area contributed by atoms with Crippen LogP contribution in [0.3, 0.4) is 0 Å². The van der Waals surface area contributed by atoms with E-state index in [-0.39, 0.29) is 17.9 Å². The van der Waals surface area contributed by atoms with Gasteiger partial charge < -0.3 is 18.7 Å². The van der Waals surface area contributed by atoms with Gasteiger partial charge in [-0.25, -0.2) is 0 Å². The van der Waals surface area contributed by atoms with Crippen molar-refractivity contribution in [3.8, 4) is 0 Å². The number of aliphatic hydroxyl groups is 1. The van der Waals surface area contributed by atoms with Gasteiger partial charge in [0, 0.05) is 5.41 Å². The Kier molecular flexibility index (Phi) is 8.67. The predicted octanol–water partition coefficient (Wildman–Crippen LogP) is 1.85. The first-order valence-electron chi connectivity index (χ1n) is 8.41. The van der Waals surface area contributed by atoms with Crippen LogP contribution >= 0.6 is 0 Å². The minimum atomic E-state index is -0.750. The van der Waals surface area contributed by atoms with Gasteiger partial charge in [0.2, 0.25) is 0 Å². The van der Waals surface area contributed by atoms with Crippen molar-refractivity contribution in [1.29, 1.82) is 0 Å². The van der Waals surface area contributed by atoms with Crippen molar-refractivity contribution in [1.82, 2.24) is 0 Å². The van der Waals surface area contributed by atoms with Crippen molar-refractivity contribution >= 4 is 19.5 Å². The molecule has 0 saturated carbocycles. The van der Waals surface area contributed by atoms with Crippen molar-refractivity contribution in [2.75, 3.05) is 13.2 Å². The molecule has 1 aromatic carbocycles. The van der Waals surface area contributed by atoms with Gasteiger partial charge in [-0.05, 0) is 5.56 Å². The van der Waals surface area contributed by atoms with Crippen LogP contribution in [0.1, 0.15) is 26.3 Å². The standard InChI is InChI=1S/C17H32O4Si2/c1-16(2,3)17(20-22-4,21-23-5)15(11-18)13-19-12-14-9-7-6-8-10-14/h6-10,15,18H,11-13,22-23H2,1-5H3. The molecule has 23 heavy (non-hydrogen) atoms. The quantitative estimate of drug-likeness (QED) is 0.513. The normalized spacial score (nSPS) is 17.1. The Hall–Kier alpha value is -0.506. The second kappa shape index (κ2) is 9.71. The molecular formula is C17H32O4Si2. The number of hydrogen-bond donors (Lipinski definition) is 1. The SMILES string of the molecule is C[SiH2]OC(O[SiH2]C)(C(CO)COCc1ccccc1)C(C)(C)C. The lowest BCUT2D eigenvalue weighted by molar-refractivity contribution is -0.240. The first-order chi connectivity index (χ1) is 10.9. The first kappa shape index (κ1) is 20.5.